The Balaban J connectivity index is 1.59. The Labute approximate surface area is 216 Å². The molecule has 36 heavy (non-hydrogen) atoms. The predicted molar refractivity (Wildman–Crippen MR) is 125 cm³/mol. The number of nitrogens with zero attached hydrogens (tertiary/aromatic N) is 2. The molecular weight excluding hydrogens is 574 g/mol. The van der Waals surface area contributed by atoms with E-state index in [2.05, 4.69) is 31.4 Å². The van der Waals surface area contributed by atoms with Gasteiger partial charge >= 0.3 is 6.18 Å². The van der Waals surface area contributed by atoms with E-state index in [1.54, 1.807) is 6.08 Å². The van der Waals surface area contributed by atoms with Gasteiger partial charge in [-0.1, -0.05) is 40.5 Å². The molecule has 0 radical (unpaired) electrons. The number of amides is 1. The molecule has 0 saturated carbocycles. The molecule has 1 aliphatic carbocycles. The van der Waals surface area contributed by atoms with Gasteiger partial charge in [0.15, 0.2) is 5.56 Å². The van der Waals surface area contributed by atoms with E-state index in [0.717, 1.165) is 22.7 Å². The number of rotatable bonds is 6. The molecule has 1 N–H and O–H groups in total. The molecule has 2 aliphatic rings. The molecule has 1 unspecified atom stereocenters. The maximum atomic E-state index is 15.0. The van der Waals surface area contributed by atoms with E-state index in [9.17, 15) is 18.0 Å². The van der Waals surface area contributed by atoms with Crippen molar-refractivity contribution in [3.63, 3.8) is 0 Å². The van der Waals surface area contributed by atoms with Crippen LogP contribution in [0, 0.1) is 5.92 Å². The number of ether oxygens (including phenoxy) is 3. The van der Waals surface area contributed by atoms with Gasteiger partial charge in [-0.25, -0.2) is 4.39 Å². The number of halogens is 6. The molecule has 0 bridgehead atoms. The maximum Gasteiger partial charge on any atom is 0.416 e. The fraction of sp³-hybridized carbons (Fsp3) is 0.348. The molecule has 13 heteroatoms. The number of nitrogens with one attached hydrogen (secondary N) is 1. The van der Waals surface area contributed by atoms with E-state index in [4.69, 9.17) is 25.8 Å². The molecule has 0 saturated heterocycles. The van der Waals surface area contributed by atoms with Crippen LogP contribution in [0.3, 0.4) is 0 Å². The first kappa shape index (κ1) is 26.2. The number of carbonyl (C=O) groups excluding carboxylic acids is 1. The van der Waals surface area contributed by atoms with Crippen LogP contribution in [-0.4, -0.2) is 42.0 Å². The van der Waals surface area contributed by atoms with Crippen molar-refractivity contribution in [3.8, 4) is 23.3 Å². The first-order chi connectivity index (χ1) is 17.0. The number of carbonyl (C=O) groups is 1. The summed E-state index contributed by atoms with van der Waals surface area (Å²) in [4.78, 5) is 13.1. The molecule has 1 aromatic heterocycles. The molecule has 4 rings (SSSR count). The largest absolute Gasteiger partial charge is 0.484 e. The van der Waals surface area contributed by atoms with E-state index in [-0.39, 0.29) is 47.1 Å². The molecule has 1 amide bonds. The fourth-order valence-corrected chi connectivity index (χ4v) is 4.41. The summed E-state index contributed by atoms with van der Waals surface area (Å²) in [6.07, 6.45) is -4.21. The van der Waals surface area contributed by atoms with Crippen molar-refractivity contribution in [3.05, 3.63) is 56.6 Å². The van der Waals surface area contributed by atoms with Gasteiger partial charge in [0.05, 0.1) is 12.1 Å². The Bertz CT molecular complexity index is 1240. The van der Waals surface area contributed by atoms with Gasteiger partial charge in [0.1, 0.15) is 25.1 Å². The third kappa shape index (κ3) is 5.75. The second kappa shape index (κ2) is 10.6. The summed E-state index contributed by atoms with van der Waals surface area (Å²) in [6, 6.07) is 4.03. The van der Waals surface area contributed by atoms with Crippen molar-refractivity contribution < 1.29 is 36.6 Å². The average Bonchev–Trinajstić information content (AvgIpc) is 2.84. The fourth-order valence-electron chi connectivity index (χ4n) is 3.57. The molecule has 1 aromatic carbocycles. The highest BCUT2D eigenvalue weighted by molar-refractivity contribution is 9.11. The van der Waals surface area contributed by atoms with Crippen molar-refractivity contribution in [2.75, 3.05) is 19.8 Å². The van der Waals surface area contributed by atoms with E-state index in [0.29, 0.717) is 12.0 Å². The van der Waals surface area contributed by atoms with Gasteiger partial charge in [0.25, 0.3) is 17.7 Å². The lowest BCUT2D eigenvalue weighted by Gasteiger charge is -2.23. The minimum absolute atomic E-state index is 0.0193. The average molecular weight is 593 g/mol. The molecule has 0 fully saturated rings. The molecule has 2 heterocycles. The molecule has 7 nitrogen and oxygen atoms in total. The van der Waals surface area contributed by atoms with Crippen molar-refractivity contribution in [1.82, 2.24) is 15.5 Å². The smallest absolute Gasteiger partial charge is 0.416 e. The van der Waals surface area contributed by atoms with Gasteiger partial charge < -0.3 is 19.5 Å². The van der Waals surface area contributed by atoms with Crippen LogP contribution in [-0.2, 0) is 6.18 Å². The molecule has 2 aromatic rings. The molecule has 1 aliphatic heterocycles. The van der Waals surface area contributed by atoms with E-state index in [1.165, 1.54) is 6.07 Å². The SMILES string of the molecule is CC1CC([C@@H](F)CNC(=O)c2c(Oc3cccc(C(F)(F)F)c3)nnc3c2OCCO3)=C(Cl)C=C1Br. The van der Waals surface area contributed by atoms with Crippen LogP contribution in [0.1, 0.15) is 29.3 Å². The number of allylic oxidation sites excluding steroid dienone is 3. The normalized spacial score (nSPS) is 18.4. The van der Waals surface area contributed by atoms with Gasteiger partial charge in [0.2, 0.25) is 5.75 Å². The van der Waals surface area contributed by atoms with E-state index < -0.39 is 36.2 Å². The summed E-state index contributed by atoms with van der Waals surface area (Å²) >= 11 is 9.57. The van der Waals surface area contributed by atoms with Gasteiger partial charge in [-0.3, -0.25) is 4.79 Å². The number of hydrogen-bond acceptors (Lipinski definition) is 6. The Hall–Kier alpha value is -2.86. The summed E-state index contributed by atoms with van der Waals surface area (Å²) in [5.41, 5.74) is -0.907. The van der Waals surface area contributed by atoms with Crippen molar-refractivity contribution in [1.29, 1.82) is 0 Å². The second-order valence-electron chi connectivity index (χ2n) is 8.02. The lowest BCUT2D eigenvalue weighted by molar-refractivity contribution is -0.137. The molecule has 192 valence electrons. The Morgan fingerprint density at radius 1 is 1.31 bits per heavy atom. The van der Waals surface area contributed by atoms with Gasteiger partial charge in [-0.2, -0.15) is 13.2 Å². The summed E-state index contributed by atoms with van der Waals surface area (Å²) in [5.74, 6) is -1.69. The summed E-state index contributed by atoms with van der Waals surface area (Å²) in [7, 11) is 0. The van der Waals surface area contributed by atoms with Gasteiger partial charge in [0, 0.05) is 5.03 Å². The summed E-state index contributed by atoms with van der Waals surface area (Å²) in [5, 5.41) is 10.3. The first-order valence-electron chi connectivity index (χ1n) is 10.7. The Kier molecular flexibility index (Phi) is 7.74. The van der Waals surface area contributed by atoms with Crippen LogP contribution in [0.15, 0.2) is 45.4 Å². The number of fused-ring (bicyclic) bond motifs is 1. The monoisotopic (exact) mass is 591 g/mol. The third-order valence-corrected chi connectivity index (χ3v) is 6.79. The van der Waals surface area contributed by atoms with Gasteiger partial charge in [-0.05, 0) is 46.7 Å². The third-order valence-electron chi connectivity index (χ3n) is 5.43. The van der Waals surface area contributed by atoms with Crippen LogP contribution in [0.4, 0.5) is 17.6 Å². The maximum absolute atomic E-state index is 15.0. The highest BCUT2D eigenvalue weighted by Crippen LogP contribution is 2.39. The highest BCUT2D eigenvalue weighted by atomic mass is 79.9. The highest BCUT2D eigenvalue weighted by Gasteiger charge is 2.33. The van der Waals surface area contributed by atoms with Crippen molar-refractivity contribution >= 4 is 33.4 Å². The van der Waals surface area contributed by atoms with Crippen LogP contribution < -0.4 is 19.5 Å². The minimum Gasteiger partial charge on any atom is -0.484 e. The molecule has 2 atom stereocenters. The van der Waals surface area contributed by atoms with E-state index >= 15 is 4.39 Å². The number of benzene rings is 1. The Morgan fingerprint density at radius 2 is 2.06 bits per heavy atom. The molecule has 0 spiro atoms. The zero-order valence-electron chi connectivity index (χ0n) is 18.7. The predicted octanol–water partition coefficient (Wildman–Crippen LogP) is 5.94. The lowest BCUT2D eigenvalue weighted by atomic mass is 9.92. The summed E-state index contributed by atoms with van der Waals surface area (Å²) in [6.45, 7) is 1.70. The zero-order valence-corrected chi connectivity index (χ0v) is 21.0. The minimum atomic E-state index is -4.61. The zero-order chi connectivity index (χ0) is 26.0. The van der Waals surface area contributed by atoms with E-state index in [1.807, 2.05) is 6.92 Å². The lowest BCUT2D eigenvalue weighted by Crippen LogP contribution is -2.33. The molecular formula is C23H19BrClF4N3O4. The van der Waals surface area contributed by atoms with Gasteiger partial charge in [-0.15, -0.1) is 10.2 Å². The Morgan fingerprint density at radius 3 is 2.81 bits per heavy atom. The van der Waals surface area contributed by atoms with Crippen molar-refractivity contribution in [2.45, 2.75) is 25.7 Å². The van der Waals surface area contributed by atoms with Crippen LogP contribution >= 0.6 is 27.5 Å². The summed E-state index contributed by atoms with van der Waals surface area (Å²) < 4.78 is 71.5. The number of aromatic nitrogens is 2. The standard InChI is InChI=1S/C23H19BrClF4N3O4/c1-11-7-14(16(25)9-15(11)24)17(26)10-30-20(33)18-19-22(35-6-5-34-19)32-31-21(18)36-13-4-2-3-12(8-13)23(27,28)29/h2-4,8-9,11,17H,5-7,10H2,1H3,(H,30,33)/t11?,17-/m0/s1. The second-order valence-corrected chi connectivity index (χ2v) is 9.35. The topological polar surface area (TPSA) is 82.6 Å². The van der Waals surface area contributed by atoms with Crippen LogP contribution in [0.2, 0.25) is 0 Å². The first-order valence-corrected chi connectivity index (χ1v) is 11.9. The number of hydrogen-bond donors (Lipinski definition) is 1. The quantitative estimate of drug-likeness (QED) is 0.418. The number of alkyl halides is 4. The van der Waals surface area contributed by atoms with Crippen LogP contribution in [0.25, 0.3) is 0 Å². The van der Waals surface area contributed by atoms with Crippen LogP contribution in [0.5, 0.6) is 23.3 Å². The van der Waals surface area contributed by atoms with Crippen molar-refractivity contribution in [2.24, 2.45) is 5.92 Å².